The first-order chi connectivity index (χ1) is 11.4. The molecule has 24 heavy (non-hydrogen) atoms. The minimum absolute atomic E-state index is 0.0948. The Morgan fingerprint density at radius 2 is 2.12 bits per heavy atom. The zero-order valence-corrected chi connectivity index (χ0v) is 14.5. The first-order valence-corrected chi connectivity index (χ1v) is 8.47. The molecule has 4 rings (SSSR count). The number of aromatic nitrogens is 4. The zero-order chi connectivity index (χ0) is 17.1. The Balaban J connectivity index is 1.76. The molecular weight excluding hydrogens is 332 g/mol. The Labute approximate surface area is 144 Å². The number of fused-ring (bicyclic) bond motifs is 1. The molecular formula is C16H19ClN4O3. The van der Waals surface area contributed by atoms with Gasteiger partial charge in [-0.1, -0.05) is 25.4 Å². The second-order valence-electron chi connectivity index (χ2n) is 6.94. The van der Waals surface area contributed by atoms with Crippen molar-refractivity contribution >= 4 is 28.7 Å². The summed E-state index contributed by atoms with van der Waals surface area (Å²) in [6, 6.07) is 0. The van der Waals surface area contributed by atoms with Gasteiger partial charge < -0.3 is 9.47 Å². The molecule has 0 amide bonds. The van der Waals surface area contributed by atoms with Crippen LogP contribution in [0.5, 0.6) is 0 Å². The highest BCUT2D eigenvalue weighted by Crippen LogP contribution is 2.55. The fraction of sp³-hybridized carbons (Fsp3) is 0.625. The monoisotopic (exact) mass is 350 g/mol. The summed E-state index contributed by atoms with van der Waals surface area (Å²) in [6.45, 7) is 5.71. The van der Waals surface area contributed by atoms with Crippen LogP contribution in [0.25, 0.3) is 11.2 Å². The highest BCUT2D eigenvalue weighted by molar-refractivity contribution is 6.33. The Morgan fingerprint density at radius 1 is 1.38 bits per heavy atom. The van der Waals surface area contributed by atoms with E-state index in [2.05, 4.69) is 28.8 Å². The minimum Gasteiger partial charge on any atom is -0.457 e. The molecule has 0 aromatic carbocycles. The predicted molar refractivity (Wildman–Crippen MR) is 86.3 cm³/mol. The van der Waals surface area contributed by atoms with E-state index in [9.17, 15) is 4.79 Å². The number of ether oxygens (including phenoxy) is 2. The lowest BCUT2D eigenvalue weighted by Crippen LogP contribution is -2.48. The van der Waals surface area contributed by atoms with Crippen LogP contribution in [0.1, 0.15) is 39.8 Å². The standard InChI is InChI=1S/C16H19ClN4O3/c1-8-4-16(5-8)9(2)12(23-10(3)22)15(24-16)21-7-20-11-13(17)18-6-19-14(11)21/h6-9,12,15H,4-5H2,1-3H3/t8-,9-,12+,15+,16+/m0/s1. The molecule has 0 unspecified atom stereocenters. The van der Waals surface area contributed by atoms with Crippen LogP contribution in [0.15, 0.2) is 12.7 Å². The van der Waals surface area contributed by atoms with Crippen LogP contribution in [0, 0.1) is 11.8 Å². The van der Waals surface area contributed by atoms with Gasteiger partial charge in [-0.05, 0) is 18.8 Å². The fourth-order valence-electron chi connectivity index (χ4n) is 4.13. The largest absolute Gasteiger partial charge is 0.457 e. The maximum atomic E-state index is 11.6. The van der Waals surface area contributed by atoms with E-state index in [-0.39, 0.29) is 23.6 Å². The van der Waals surface area contributed by atoms with Gasteiger partial charge in [-0.25, -0.2) is 15.0 Å². The third-order valence-electron chi connectivity index (χ3n) is 5.24. The Kier molecular flexibility index (Phi) is 3.54. The third-order valence-corrected chi connectivity index (χ3v) is 5.51. The molecule has 7 nitrogen and oxygen atoms in total. The molecule has 3 atom stereocenters. The van der Waals surface area contributed by atoms with Crippen molar-refractivity contribution < 1.29 is 14.3 Å². The van der Waals surface area contributed by atoms with Gasteiger partial charge in [0.25, 0.3) is 0 Å². The average molecular weight is 351 g/mol. The Hall–Kier alpha value is -1.73. The van der Waals surface area contributed by atoms with Crippen molar-refractivity contribution in [2.45, 2.75) is 51.5 Å². The Bertz CT molecular complexity index is 802. The lowest BCUT2D eigenvalue weighted by atomic mass is 9.65. The zero-order valence-electron chi connectivity index (χ0n) is 13.8. The lowest BCUT2D eigenvalue weighted by Gasteiger charge is -2.46. The minimum atomic E-state index is -0.465. The number of halogens is 1. The highest BCUT2D eigenvalue weighted by atomic mass is 35.5. The van der Waals surface area contributed by atoms with Crippen molar-refractivity contribution in [2.24, 2.45) is 11.8 Å². The van der Waals surface area contributed by atoms with E-state index in [0.29, 0.717) is 22.2 Å². The van der Waals surface area contributed by atoms with Gasteiger partial charge in [0.1, 0.15) is 11.8 Å². The van der Waals surface area contributed by atoms with Gasteiger partial charge in [0.05, 0.1) is 11.9 Å². The lowest BCUT2D eigenvalue weighted by molar-refractivity contribution is -0.160. The van der Waals surface area contributed by atoms with E-state index in [0.717, 1.165) is 12.8 Å². The van der Waals surface area contributed by atoms with Crippen molar-refractivity contribution in [3.8, 4) is 0 Å². The van der Waals surface area contributed by atoms with Gasteiger partial charge in [0, 0.05) is 12.8 Å². The van der Waals surface area contributed by atoms with E-state index in [4.69, 9.17) is 21.1 Å². The summed E-state index contributed by atoms with van der Waals surface area (Å²) in [7, 11) is 0. The molecule has 0 N–H and O–H groups in total. The van der Waals surface area contributed by atoms with Crippen molar-refractivity contribution in [2.75, 3.05) is 0 Å². The predicted octanol–water partition coefficient (Wildman–Crippen LogP) is 2.75. The second kappa shape index (κ2) is 5.39. The van der Waals surface area contributed by atoms with Crippen molar-refractivity contribution in [1.29, 1.82) is 0 Å². The van der Waals surface area contributed by atoms with E-state index >= 15 is 0 Å². The van der Waals surface area contributed by atoms with E-state index < -0.39 is 6.23 Å². The number of carbonyl (C=O) groups excluding carboxylic acids is 1. The van der Waals surface area contributed by atoms with Crippen LogP contribution < -0.4 is 0 Å². The molecule has 8 heteroatoms. The maximum Gasteiger partial charge on any atom is 0.303 e. The summed E-state index contributed by atoms with van der Waals surface area (Å²) < 4.78 is 13.8. The van der Waals surface area contributed by atoms with Gasteiger partial charge >= 0.3 is 5.97 Å². The summed E-state index contributed by atoms with van der Waals surface area (Å²) >= 11 is 6.09. The molecule has 2 fully saturated rings. The average Bonchev–Trinajstić information content (AvgIpc) is 3.02. The van der Waals surface area contributed by atoms with E-state index in [1.54, 1.807) is 10.9 Å². The van der Waals surface area contributed by atoms with E-state index in [1.807, 2.05) is 0 Å². The summed E-state index contributed by atoms with van der Waals surface area (Å²) in [6.07, 6.45) is 4.09. The summed E-state index contributed by atoms with van der Waals surface area (Å²) in [4.78, 5) is 24.1. The second-order valence-corrected chi connectivity index (χ2v) is 7.30. The van der Waals surface area contributed by atoms with Crippen LogP contribution in [0.3, 0.4) is 0 Å². The molecule has 0 bridgehead atoms. The number of imidazole rings is 1. The Morgan fingerprint density at radius 3 is 2.79 bits per heavy atom. The number of hydrogen-bond donors (Lipinski definition) is 0. The van der Waals surface area contributed by atoms with Crippen molar-refractivity contribution in [1.82, 2.24) is 19.5 Å². The summed E-state index contributed by atoms with van der Waals surface area (Å²) in [5.74, 6) is 0.389. The molecule has 1 aliphatic heterocycles. The van der Waals surface area contributed by atoms with Crippen LogP contribution in [-0.2, 0) is 14.3 Å². The van der Waals surface area contributed by atoms with Gasteiger partial charge in [0.2, 0.25) is 0 Å². The highest BCUT2D eigenvalue weighted by Gasteiger charge is 2.60. The fourth-order valence-corrected chi connectivity index (χ4v) is 4.30. The smallest absolute Gasteiger partial charge is 0.303 e. The topological polar surface area (TPSA) is 79.1 Å². The number of rotatable bonds is 2. The van der Waals surface area contributed by atoms with Gasteiger partial charge in [-0.3, -0.25) is 9.36 Å². The quantitative estimate of drug-likeness (QED) is 0.612. The summed E-state index contributed by atoms with van der Waals surface area (Å²) in [5.41, 5.74) is 0.839. The molecule has 0 radical (unpaired) electrons. The number of nitrogens with zero attached hydrogens (tertiary/aromatic N) is 4. The number of carbonyl (C=O) groups is 1. The normalized spacial score (nSPS) is 35.3. The van der Waals surface area contributed by atoms with Crippen LogP contribution in [0.4, 0.5) is 0 Å². The first kappa shape index (κ1) is 15.8. The molecule has 1 aliphatic carbocycles. The van der Waals surface area contributed by atoms with Gasteiger partial charge in [-0.15, -0.1) is 0 Å². The number of hydrogen-bond acceptors (Lipinski definition) is 6. The molecule has 1 spiro atoms. The van der Waals surface area contributed by atoms with Crippen LogP contribution in [0.2, 0.25) is 5.15 Å². The maximum absolute atomic E-state index is 11.6. The summed E-state index contributed by atoms with van der Waals surface area (Å²) in [5, 5.41) is 0.292. The molecule has 3 heterocycles. The molecule has 2 aromatic rings. The molecule has 1 saturated heterocycles. The SMILES string of the molecule is CC(=O)O[C@H]1[C@H](n2cnc3c(Cl)ncnc32)O[C@]2(C[C@@H](C)C2)[C@H]1C. The van der Waals surface area contributed by atoms with Crippen molar-refractivity contribution in [3.63, 3.8) is 0 Å². The molecule has 128 valence electrons. The van der Waals surface area contributed by atoms with Gasteiger partial charge in [-0.2, -0.15) is 0 Å². The third kappa shape index (κ3) is 2.22. The van der Waals surface area contributed by atoms with Crippen LogP contribution in [-0.4, -0.2) is 37.2 Å². The molecule has 2 aliphatic rings. The molecule has 1 saturated carbocycles. The van der Waals surface area contributed by atoms with E-state index in [1.165, 1.54) is 13.3 Å². The van der Waals surface area contributed by atoms with Crippen LogP contribution >= 0.6 is 11.6 Å². The van der Waals surface area contributed by atoms with Gasteiger partial charge in [0.15, 0.2) is 23.1 Å². The first-order valence-electron chi connectivity index (χ1n) is 8.09. The number of esters is 1. The molecule has 2 aromatic heterocycles. The van der Waals surface area contributed by atoms with Crippen molar-refractivity contribution in [3.05, 3.63) is 17.8 Å².